The van der Waals surface area contributed by atoms with Crippen LogP contribution in [0.2, 0.25) is 0 Å². The Morgan fingerprint density at radius 2 is 1.82 bits per heavy atom. The van der Waals surface area contributed by atoms with Crippen LogP contribution in [0.4, 0.5) is 22.0 Å². The van der Waals surface area contributed by atoms with Crippen LogP contribution >= 0.6 is 11.8 Å². The van der Waals surface area contributed by atoms with Gasteiger partial charge in [0.15, 0.2) is 0 Å². The zero-order chi connectivity index (χ0) is 12.9. The molecule has 0 radical (unpaired) electrons. The van der Waals surface area contributed by atoms with Gasteiger partial charge in [0.25, 0.3) is 5.92 Å². The molecular weight excluding hydrogens is 261 g/mol. The van der Waals surface area contributed by atoms with Crippen molar-refractivity contribution in [3.05, 3.63) is 29.8 Å². The number of thioether (sulfide) groups is 1. The number of nitrogens with two attached hydrogens (primary N) is 1. The van der Waals surface area contributed by atoms with Gasteiger partial charge in [0.05, 0.1) is 0 Å². The average molecular weight is 269 g/mol. The first-order valence-electron chi connectivity index (χ1n) is 4.67. The zero-order valence-electron chi connectivity index (χ0n) is 8.39. The van der Waals surface area contributed by atoms with Gasteiger partial charge in [-0.2, -0.15) is 13.2 Å². The molecular formula is C10H8F5NS. The molecule has 0 aromatic heterocycles. The van der Waals surface area contributed by atoms with Gasteiger partial charge in [-0.3, -0.25) is 0 Å². The number of rotatable bonds is 2. The van der Waals surface area contributed by atoms with Gasteiger partial charge in [-0.1, -0.05) is 12.1 Å². The highest BCUT2D eigenvalue weighted by atomic mass is 32.2. The van der Waals surface area contributed by atoms with Gasteiger partial charge in [-0.25, -0.2) is 8.78 Å². The van der Waals surface area contributed by atoms with Crippen molar-refractivity contribution in [1.82, 2.24) is 0 Å². The summed E-state index contributed by atoms with van der Waals surface area (Å²) in [6, 6.07) is 4.90. The van der Waals surface area contributed by atoms with Crippen molar-refractivity contribution >= 4 is 11.8 Å². The predicted molar refractivity (Wildman–Crippen MR) is 53.8 cm³/mol. The van der Waals surface area contributed by atoms with E-state index >= 15 is 0 Å². The van der Waals surface area contributed by atoms with E-state index in [4.69, 9.17) is 5.73 Å². The van der Waals surface area contributed by atoms with Crippen LogP contribution in [0.5, 0.6) is 0 Å². The smallest absolute Gasteiger partial charge is 0.316 e. The van der Waals surface area contributed by atoms with Gasteiger partial charge in [0.1, 0.15) is 5.54 Å². The lowest BCUT2D eigenvalue weighted by molar-refractivity contribution is -0.0328. The van der Waals surface area contributed by atoms with E-state index in [-0.39, 0.29) is 22.2 Å². The van der Waals surface area contributed by atoms with E-state index in [0.29, 0.717) is 0 Å². The van der Waals surface area contributed by atoms with E-state index in [0.717, 1.165) is 6.07 Å². The molecule has 17 heavy (non-hydrogen) atoms. The van der Waals surface area contributed by atoms with Crippen LogP contribution in [0.25, 0.3) is 0 Å². The summed E-state index contributed by atoms with van der Waals surface area (Å²) in [6.45, 7) is 0. The van der Waals surface area contributed by atoms with Gasteiger partial charge < -0.3 is 5.73 Å². The van der Waals surface area contributed by atoms with Crippen LogP contribution in [0, 0.1) is 0 Å². The zero-order valence-corrected chi connectivity index (χ0v) is 9.21. The van der Waals surface area contributed by atoms with Gasteiger partial charge in [0.2, 0.25) is 0 Å². The molecule has 94 valence electrons. The molecule has 1 nitrogen and oxygen atoms in total. The minimum Gasteiger partial charge on any atom is -0.316 e. The molecule has 0 bridgehead atoms. The summed E-state index contributed by atoms with van der Waals surface area (Å²) in [5.41, 5.74) is -0.772. The van der Waals surface area contributed by atoms with Crippen LogP contribution in [-0.4, -0.2) is 11.4 Å². The van der Waals surface area contributed by atoms with Crippen molar-refractivity contribution in [2.24, 2.45) is 5.73 Å². The molecule has 2 N–H and O–H groups in total. The molecule has 1 aromatic rings. The van der Waals surface area contributed by atoms with Gasteiger partial charge in [-0.15, -0.1) is 0 Å². The Bertz CT molecular complexity index is 445. The predicted octanol–water partition coefficient (Wildman–Crippen LogP) is 3.49. The second kappa shape index (κ2) is 3.58. The average Bonchev–Trinajstić information content (AvgIpc) is 2.65. The standard InChI is InChI=1S/C10H8F5NS/c11-9(12)5-8(9,16)6-2-1-3-7(4-6)17-10(13,14)15/h1-4H,5,16H2. The second-order valence-corrected chi connectivity index (χ2v) is 5.07. The van der Waals surface area contributed by atoms with E-state index in [2.05, 4.69) is 0 Å². The van der Waals surface area contributed by atoms with Gasteiger partial charge >= 0.3 is 5.51 Å². The van der Waals surface area contributed by atoms with E-state index in [1.54, 1.807) is 0 Å². The lowest BCUT2D eigenvalue weighted by Crippen LogP contribution is -2.27. The number of alkyl halides is 5. The molecule has 2 rings (SSSR count). The Hall–Kier alpha value is -0.820. The van der Waals surface area contributed by atoms with E-state index in [1.165, 1.54) is 18.2 Å². The van der Waals surface area contributed by atoms with Crippen molar-refractivity contribution in [2.45, 2.75) is 28.3 Å². The highest BCUT2D eigenvalue weighted by Crippen LogP contribution is 2.57. The lowest BCUT2D eigenvalue weighted by Gasteiger charge is -2.12. The van der Waals surface area contributed by atoms with Crippen LogP contribution in [-0.2, 0) is 5.54 Å². The second-order valence-electron chi connectivity index (χ2n) is 3.93. The third-order valence-electron chi connectivity index (χ3n) is 2.61. The lowest BCUT2D eigenvalue weighted by atomic mass is 10.1. The summed E-state index contributed by atoms with van der Waals surface area (Å²) in [4.78, 5) is -0.137. The fraction of sp³-hybridized carbons (Fsp3) is 0.400. The fourth-order valence-electron chi connectivity index (χ4n) is 1.59. The van der Waals surface area contributed by atoms with Gasteiger partial charge in [0, 0.05) is 11.3 Å². The maximum atomic E-state index is 13.0. The molecule has 1 saturated carbocycles. The molecule has 0 heterocycles. The summed E-state index contributed by atoms with van der Waals surface area (Å²) >= 11 is -0.342. The maximum Gasteiger partial charge on any atom is 0.446 e. The molecule has 1 aliphatic rings. The van der Waals surface area contributed by atoms with Crippen molar-refractivity contribution in [3.8, 4) is 0 Å². The van der Waals surface area contributed by atoms with Crippen LogP contribution in [0.1, 0.15) is 12.0 Å². The molecule has 1 aliphatic carbocycles. The molecule has 0 aliphatic heterocycles. The summed E-state index contributed by atoms with van der Waals surface area (Å²) in [6.07, 6.45) is -0.528. The first-order chi connectivity index (χ1) is 7.64. The minimum atomic E-state index is -4.44. The largest absolute Gasteiger partial charge is 0.446 e. The number of halogens is 5. The molecule has 0 saturated heterocycles. The monoisotopic (exact) mass is 269 g/mol. The van der Waals surface area contributed by atoms with Crippen molar-refractivity contribution in [3.63, 3.8) is 0 Å². The van der Waals surface area contributed by atoms with E-state index < -0.39 is 23.4 Å². The quantitative estimate of drug-likeness (QED) is 0.657. The number of hydrogen-bond donors (Lipinski definition) is 1. The molecule has 1 fully saturated rings. The summed E-state index contributed by atoms with van der Waals surface area (Å²) in [7, 11) is 0. The highest BCUT2D eigenvalue weighted by molar-refractivity contribution is 8.00. The third kappa shape index (κ3) is 2.40. The molecule has 1 aromatic carbocycles. The first-order valence-corrected chi connectivity index (χ1v) is 5.49. The van der Waals surface area contributed by atoms with Crippen LogP contribution in [0.3, 0.4) is 0 Å². The molecule has 0 amide bonds. The number of hydrogen-bond acceptors (Lipinski definition) is 2. The Kier molecular flexibility index (Phi) is 2.66. The summed E-state index contributed by atoms with van der Waals surface area (Å²) in [5.74, 6) is -3.03. The SMILES string of the molecule is NC1(c2cccc(SC(F)(F)F)c2)CC1(F)F. The van der Waals surface area contributed by atoms with Crippen LogP contribution in [0.15, 0.2) is 29.2 Å². The third-order valence-corrected chi connectivity index (χ3v) is 3.33. The summed E-state index contributed by atoms with van der Waals surface area (Å²) < 4.78 is 62.3. The Morgan fingerprint density at radius 1 is 1.24 bits per heavy atom. The first kappa shape index (κ1) is 12.6. The fourth-order valence-corrected chi connectivity index (χ4v) is 2.19. The topological polar surface area (TPSA) is 26.0 Å². The van der Waals surface area contributed by atoms with Crippen molar-refractivity contribution in [2.75, 3.05) is 0 Å². The molecule has 1 atom stereocenters. The van der Waals surface area contributed by atoms with Crippen molar-refractivity contribution < 1.29 is 22.0 Å². The van der Waals surface area contributed by atoms with Crippen molar-refractivity contribution in [1.29, 1.82) is 0 Å². The molecule has 1 unspecified atom stereocenters. The Morgan fingerprint density at radius 3 is 2.29 bits per heavy atom. The van der Waals surface area contributed by atoms with E-state index in [1.807, 2.05) is 0 Å². The Labute approximate surface area is 98.2 Å². The highest BCUT2D eigenvalue weighted by Gasteiger charge is 2.69. The van der Waals surface area contributed by atoms with Gasteiger partial charge in [-0.05, 0) is 29.5 Å². The molecule has 7 heteroatoms. The normalized spacial score (nSPS) is 26.9. The maximum absolute atomic E-state index is 13.0. The minimum absolute atomic E-state index is 0.0387. The number of benzene rings is 1. The Balaban J connectivity index is 2.25. The van der Waals surface area contributed by atoms with E-state index in [9.17, 15) is 22.0 Å². The van der Waals surface area contributed by atoms with Crippen LogP contribution < -0.4 is 5.73 Å². The summed E-state index contributed by atoms with van der Waals surface area (Å²) in [5, 5.41) is 0. The molecule has 0 spiro atoms.